The van der Waals surface area contributed by atoms with Gasteiger partial charge < -0.3 is 15.2 Å². The van der Waals surface area contributed by atoms with Crippen LogP contribution >= 0.6 is 11.8 Å². The predicted molar refractivity (Wildman–Crippen MR) is 107 cm³/mol. The van der Waals surface area contributed by atoms with E-state index in [0.29, 0.717) is 5.92 Å². The van der Waals surface area contributed by atoms with Crippen molar-refractivity contribution in [2.75, 3.05) is 20.2 Å². The number of aryl methyl sites for hydroxylation is 1. The Labute approximate surface area is 176 Å². The molecule has 1 fully saturated rings. The van der Waals surface area contributed by atoms with Gasteiger partial charge in [-0.25, -0.2) is 9.18 Å². The Morgan fingerprint density at radius 3 is 2.30 bits per heavy atom. The average molecular weight is 445 g/mol. The largest absolute Gasteiger partial charge is 0.497 e. The van der Waals surface area contributed by atoms with Crippen molar-refractivity contribution in [2.45, 2.75) is 41.7 Å². The first-order chi connectivity index (χ1) is 14.1. The number of carboxylic acid groups (broad SMARTS) is 1. The maximum Gasteiger partial charge on any atom is 0.490 e. The molecule has 1 aliphatic heterocycles. The number of piperidine rings is 1. The summed E-state index contributed by atoms with van der Waals surface area (Å²) in [5.41, 5.74) is 2.42. The van der Waals surface area contributed by atoms with Crippen molar-refractivity contribution in [3.63, 3.8) is 0 Å². The normalized spacial score (nSPS) is 14.6. The molecule has 1 aliphatic rings. The Morgan fingerprint density at radius 1 is 1.13 bits per heavy atom. The Hall–Kier alpha value is -2.26. The van der Waals surface area contributed by atoms with Gasteiger partial charge in [0.15, 0.2) is 0 Å². The van der Waals surface area contributed by atoms with Crippen molar-refractivity contribution in [3.05, 3.63) is 53.3 Å². The Morgan fingerprint density at radius 2 is 1.77 bits per heavy atom. The first-order valence-electron chi connectivity index (χ1n) is 9.24. The summed E-state index contributed by atoms with van der Waals surface area (Å²) in [4.78, 5) is 11.1. The summed E-state index contributed by atoms with van der Waals surface area (Å²) in [5.74, 6) is -1.56. The average Bonchev–Trinajstić information content (AvgIpc) is 2.70. The Kier molecular flexibility index (Phi) is 8.54. The molecule has 0 aliphatic carbocycles. The summed E-state index contributed by atoms with van der Waals surface area (Å²) < 4.78 is 50.8. The zero-order valence-electron chi connectivity index (χ0n) is 16.6. The molecule has 1 heterocycles. The van der Waals surface area contributed by atoms with E-state index in [1.165, 1.54) is 5.56 Å². The van der Waals surface area contributed by atoms with E-state index in [9.17, 15) is 17.6 Å². The monoisotopic (exact) mass is 445 g/mol. The molecule has 0 bridgehead atoms. The van der Waals surface area contributed by atoms with Gasteiger partial charge in [0.05, 0.1) is 7.11 Å². The number of hydrogen-bond donors (Lipinski definition) is 2. The van der Waals surface area contributed by atoms with Crippen LogP contribution in [0.3, 0.4) is 0 Å². The summed E-state index contributed by atoms with van der Waals surface area (Å²) in [7, 11) is 1.67. The molecular weight excluding hydrogens is 422 g/mol. The lowest BCUT2D eigenvalue weighted by molar-refractivity contribution is -0.192. The molecule has 0 spiro atoms. The van der Waals surface area contributed by atoms with Crippen LogP contribution in [-0.2, 0) is 4.79 Å². The third-order valence-corrected chi connectivity index (χ3v) is 5.85. The van der Waals surface area contributed by atoms with Gasteiger partial charge in [0.25, 0.3) is 0 Å². The summed E-state index contributed by atoms with van der Waals surface area (Å²) in [6.07, 6.45) is -2.86. The quantitative estimate of drug-likeness (QED) is 0.618. The summed E-state index contributed by atoms with van der Waals surface area (Å²) >= 11 is 1.65. The maximum atomic E-state index is 13.8. The second-order valence-corrected chi connectivity index (χ2v) is 7.83. The fourth-order valence-electron chi connectivity index (χ4n) is 3.05. The van der Waals surface area contributed by atoms with E-state index in [4.69, 9.17) is 14.6 Å². The van der Waals surface area contributed by atoms with Crippen LogP contribution in [0.4, 0.5) is 17.6 Å². The van der Waals surface area contributed by atoms with Crippen LogP contribution in [-0.4, -0.2) is 37.5 Å². The molecule has 1 saturated heterocycles. The minimum absolute atomic E-state index is 0.170. The minimum Gasteiger partial charge on any atom is -0.497 e. The van der Waals surface area contributed by atoms with Gasteiger partial charge in [0, 0.05) is 9.79 Å². The van der Waals surface area contributed by atoms with Crippen molar-refractivity contribution < 1.29 is 32.2 Å². The Bertz CT molecular complexity index is 868. The fraction of sp³-hybridized carbons (Fsp3) is 0.381. The Balaban J connectivity index is 0.000000396. The molecule has 164 valence electrons. The van der Waals surface area contributed by atoms with Gasteiger partial charge in [-0.05, 0) is 80.2 Å². The van der Waals surface area contributed by atoms with E-state index >= 15 is 0 Å². The van der Waals surface area contributed by atoms with E-state index in [-0.39, 0.29) is 5.82 Å². The molecule has 0 saturated carbocycles. The molecule has 3 rings (SSSR count). The van der Waals surface area contributed by atoms with Crippen LogP contribution in [0.25, 0.3) is 0 Å². The molecule has 2 aromatic rings. The van der Waals surface area contributed by atoms with Crippen LogP contribution in [0.1, 0.15) is 29.9 Å². The van der Waals surface area contributed by atoms with Gasteiger partial charge in [-0.15, -0.1) is 0 Å². The van der Waals surface area contributed by atoms with E-state index in [1.54, 1.807) is 31.0 Å². The number of methoxy groups -OCH3 is 1. The lowest BCUT2D eigenvalue weighted by atomic mass is 9.90. The molecule has 9 heteroatoms. The van der Waals surface area contributed by atoms with Crippen LogP contribution < -0.4 is 10.1 Å². The molecule has 0 amide bonds. The zero-order valence-corrected chi connectivity index (χ0v) is 17.4. The number of aliphatic carboxylic acids is 1. The first kappa shape index (κ1) is 24.0. The van der Waals surface area contributed by atoms with Crippen molar-refractivity contribution in [3.8, 4) is 5.75 Å². The molecule has 0 aromatic heterocycles. The van der Waals surface area contributed by atoms with Gasteiger partial charge in [-0.3, -0.25) is 0 Å². The second-order valence-electron chi connectivity index (χ2n) is 6.74. The van der Waals surface area contributed by atoms with Crippen LogP contribution in [0, 0.1) is 12.7 Å². The van der Waals surface area contributed by atoms with Gasteiger partial charge in [0.2, 0.25) is 0 Å². The van der Waals surface area contributed by atoms with Crippen molar-refractivity contribution in [1.29, 1.82) is 0 Å². The predicted octanol–water partition coefficient (Wildman–Crippen LogP) is 5.39. The van der Waals surface area contributed by atoms with Crippen LogP contribution in [0.2, 0.25) is 0 Å². The number of nitrogens with one attached hydrogen (secondary N) is 1. The number of halogens is 4. The third-order valence-electron chi connectivity index (χ3n) is 4.60. The van der Waals surface area contributed by atoms with E-state index in [1.807, 2.05) is 18.2 Å². The van der Waals surface area contributed by atoms with Crippen molar-refractivity contribution in [1.82, 2.24) is 5.32 Å². The molecule has 2 N–H and O–H groups in total. The van der Waals surface area contributed by atoms with E-state index < -0.39 is 12.1 Å². The highest BCUT2D eigenvalue weighted by Gasteiger charge is 2.38. The summed E-state index contributed by atoms with van der Waals surface area (Å²) in [5, 5.41) is 10.5. The summed E-state index contributed by atoms with van der Waals surface area (Å²) in [6, 6.07) is 11.3. The molecular formula is C21H23F4NO3S. The first-order valence-corrected chi connectivity index (χ1v) is 10.1. The smallest absolute Gasteiger partial charge is 0.490 e. The second kappa shape index (κ2) is 10.7. The van der Waals surface area contributed by atoms with E-state index in [0.717, 1.165) is 47.0 Å². The lowest BCUT2D eigenvalue weighted by Crippen LogP contribution is -2.26. The zero-order chi connectivity index (χ0) is 22.3. The number of ether oxygens (including phenoxy) is 1. The van der Waals surface area contributed by atoms with E-state index in [2.05, 4.69) is 18.3 Å². The number of carboxylic acids is 1. The highest BCUT2D eigenvalue weighted by atomic mass is 32.2. The van der Waals surface area contributed by atoms with Crippen molar-refractivity contribution in [2.24, 2.45) is 0 Å². The lowest BCUT2D eigenvalue weighted by Gasteiger charge is -2.25. The topological polar surface area (TPSA) is 58.6 Å². The van der Waals surface area contributed by atoms with Crippen LogP contribution in [0.5, 0.6) is 5.75 Å². The number of benzene rings is 2. The molecule has 0 atom stereocenters. The number of carbonyl (C=O) groups is 1. The molecule has 0 radical (unpaired) electrons. The van der Waals surface area contributed by atoms with Gasteiger partial charge in [-0.1, -0.05) is 17.8 Å². The van der Waals surface area contributed by atoms with Crippen molar-refractivity contribution >= 4 is 17.7 Å². The molecule has 2 aromatic carbocycles. The van der Waals surface area contributed by atoms with Gasteiger partial charge in [-0.2, -0.15) is 13.2 Å². The molecule has 0 unspecified atom stereocenters. The molecule has 4 nitrogen and oxygen atoms in total. The van der Waals surface area contributed by atoms with Gasteiger partial charge in [0.1, 0.15) is 11.6 Å². The SMILES string of the molecule is COc1ccc(Sc2cc(F)ccc2C2CCNCC2)c(C)c1.O=C(O)C(F)(F)F. The molecule has 30 heavy (non-hydrogen) atoms. The van der Waals surface area contributed by atoms with Gasteiger partial charge >= 0.3 is 12.1 Å². The highest BCUT2D eigenvalue weighted by Crippen LogP contribution is 2.39. The summed E-state index contributed by atoms with van der Waals surface area (Å²) in [6.45, 7) is 4.13. The standard InChI is InChI=1S/C19H22FNOS.C2HF3O2/c1-13-11-16(22-2)4-6-18(13)23-19-12-15(20)3-5-17(19)14-7-9-21-10-8-14;3-2(4,5)1(6)7/h3-6,11-12,14,21H,7-10H2,1-2H3;(H,6,7). The van der Waals surface area contributed by atoms with Crippen LogP contribution in [0.15, 0.2) is 46.2 Å². The fourth-order valence-corrected chi connectivity index (χ4v) is 4.17. The maximum absolute atomic E-state index is 13.8. The third kappa shape index (κ3) is 6.91. The number of hydrogen-bond acceptors (Lipinski definition) is 4. The minimum atomic E-state index is -5.08. The highest BCUT2D eigenvalue weighted by molar-refractivity contribution is 7.99. The number of rotatable bonds is 4. The number of alkyl halides is 3.